The molecule has 0 spiro atoms. The quantitative estimate of drug-likeness (QED) is 0.220. The molecule has 2 aromatic carbocycles. The molecule has 0 amide bonds. The van der Waals surface area contributed by atoms with Crippen LogP contribution >= 0.6 is 24.0 Å². The molecule has 4 nitrogen and oxygen atoms in total. The summed E-state index contributed by atoms with van der Waals surface area (Å²) in [6.45, 7) is 22.9. The topological polar surface area (TPSA) is 13.0 Å². The summed E-state index contributed by atoms with van der Waals surface area (Å²) in [6.07, 6.45) is 0. The molecular formula is C28H46N4S2. The molecule has 0 aliphatic heterocycles. The van der Waals surface area contributed by atoms with Gasteiger partial charge in [-0.1, -0.05) is 64.1 Å². The zero-order valence-corrected chi connectivity index (χ0v) is 23.9. The first-order chi connectivity index (χ1) is 16.4. The van der Waals surface area contributed by atoms with Gasteiger partial charge in [0, 0.05) is 49.4 Å². The van der Waals surface area contributed by atoms with Crippen molar-refractivity contribution in [3.05, 3.63) is 42.5 Å². The zero-order chi connectivity index (χ0) is 24.9. The Labute approximate surface area is 218 Å². The Morgan fingerprint density at radius 3 is 1.88 bits per heavy atom. The van der Waals surface area contributed by atoms with Gasteiger partial charge in [0.05, 0.1) is 0 Å². The Balaban J connectivity index is 2.07. The van der Waals surface area contributed by atoms with Crippen LogP contribution in [-0.2, 0) is 0 Å². The summed E-state index contributed by atoms with van der Waals surface area (Å²) in [5, 5.41) is 3.66. The van der Waals surface area contributed by atoms with Crippen molar-refractivity contribution in [3.8, 4) is 0 Å². The van der Waals surface area contributed by atoms with Crippen LogP contribution in [0.15, 0.2) is 47.4 Å². The normalized spacial score (nSPS) is 11.7. The molecule has 0 saturated carbocycles. The molecule has 34 heavy (non-hydrogen) atoms. The van der Waals surface area contributed by atoms with Gasteiger partial charge in [-0.15, -0.1) is 11.8 Å². The van der Waals surface area contributed by atoms with Gasteiger partial charge in [-0.05, 0) is 69.1 Å². The molecule has 0 N–H and O–H groups in total. The monoisotopic (exact) mass is 502 g/mol. The van der Waals surface area contributed by atoms with Crippen molar-refractivity contribution < 1.29 is 0 Å². The van der Waals surface area contributed by atoms with Gasteiger partial charge < -0.3 is 19.6 Å². The van der Waals surface area contributed by atoms with Gasteiger partial charge in [0.25, 0.3) is 0 Å². The predicted octanol–water partition coefficient (Wildman–Crippen LogP) is 5.91. The Morgan fingerprint density at radius 2 is 1.32 bits per heavy atom. The number of benzene rings is 2. The van der Waals surface area contributed by atoms with Gasteiger partial charge in [-0.2, -0.15) is 0 Å². The standard InChI is InChI=1S/C28H46N4S2/c1-7-29(8-2)18-20-31(21-19-30(9-3)10-4)28(33)32(24(5)6)22-23-34-27-17-13-15-25-14-11-12-16-26(25)27/h11-17,24H,7-10,18-23H2,1-6H3. The van der Waals surface area contributed by atoms with Crippen molar-refractivity contribution in [1.82, 2.24) is 19.6 Å². The smallest absolute Gasteiger partial charge is 0.171 e. The first kappa shape index (κ1) is 28.9. The molecule has 190 valence electrons. The molecule has 2 aromatic rings. The van der Waals surface area contributed by atoms with Crippen LogP contribution in [0.1, 0.15) is 41.5 Å². The SMILES string of the molecule is CCN(CC)CCN(CCN(CC)CC)C(=S)N(CCSc1cccc2ccccc12)C(C)C. The molecular weight excluding hydrogens is 456 g/mol. The summed E-state index contributed by atoms with van der Waals surface area (Å²) in [5.41, 5.74) is 0. The second-order valence-electron chi connectivity index (χ2n) is 8.94. The van der Waals surface area contributed by atoms with Crippen molar-refractivity contribution in [1.29, 1.82) is 0 Å². The Hall–Kier alpha value is -1.34. The number of fused-ring (bicyclic) bond motifs is 1. The summed E-state index contributed by atoms with van der Waals surface area (Å²) < 4.78 is 0. The van der Waals surface area contributed by atoms with E-state index in [2.05, 4.69) is 104 Å². The molecule has 0 fully saturated rings. The van der Waals surface area contributed by atoms with E-state index in [1.54, 1.807) is 0 Å². The Kier molecular flexibility index (Phi) is 13.3. The minimum absolute atomic E-state index is 0.380. The van der Waals surface area contributed by atoms with Crippen molar-refractivity contribution in [2.75, 3.05) is 64.7 Å². The molecule has 0 atom stereocenters. The average molecular weight is 503 g/mol. The fourth-order valence-electron chi connectivity index (χ4n) is 4.24. The summed E-state index contributed by atoms with van der Waals surface area (Å²) >= 11 is 8.07. The maximum Gasteiger partial charge on any atom is 0.171 e. The molecule has 0 heterocycles. The van der Waals surface area contributed by atoms with E-state index in [4.69, 9.17) is 12.2 Å². The summed E-state index contributed by atoms with van der Waals surface area (Å²) in [4.78, 5) is 11.2. The van der Waals surface area contributed by atoms with Crippen LogP contribution < -0.4 is 0 Å². The van der Waals surface area contributed by atoms with Crippen molar-refractivity contribution >= 4 is 39.9 Å². The second kappa shape index (κ2) is 15.6. The highest BCUT2D eigenvalue weighted by molar-refractivity contribution is 7.99. The lowest BCUT2D eigenvalue weighted by molar-refractivity contribution is 0.219. The third-order valence-corrected chi connectivity index (χ3v) is 8.19. The van der Waals surface area contributed by atoms with E-state index >= 15 is 0 Å². The van der Waals surface area contributed by atoms with Crippen LogP contribution in [0.2, 0.25) is 0 Å². The lowest BCUT2D eigenvalue weighted by Crippen LogP contribution is -2.51. The van der Waals surface area contributed by atoms with E-state index in [0.717, 1.165) is 69.8 Å². The minimum atomic E-state index is 0.380. The zero-order valence-electron chi connectivity index (χ0n) is 22.3. The summed E-state index contributed by atoms with van der Waals surface area (Å²) in [7, 11) is 0. The third-order valence-electron chi connectivity index (χ3n) is 6.64. The fraction of sp³-hybridized carbons (Fsp3) is 0.607. The van der Waals surface area contributed by atoms with Gasteiger partial charge in [0.1, 0.15) is 0 Å². The molecule has 6 heteroatoms. The van der Waals surface area contributed by atoms with Crippen molar-refractivity contribution in [2.45, 2.75) is 52.5 Å². The Morgan fingerprint density at radius 1 is 0.765 bits per heavy atom. The average Bonchev–Trinajstić information content (AvgIpc) is 2.85. The molecule has 0 saturated heterocycles. The molecule has 0 aliphatic carbocycles. The van der Waals surface area contributed by atoms with E-state index in [9.17, 15) is 0 Å². The van der Waals surface area contributed by atoms with E-state index in [0.29, 0.717) is 6.04 Å². The first-order valence-corrected chi connectivity index (χ1v) is 14.4. The molecule has 0 aromatic heterocycles. The number of thioether (sulfide) groups is 1. The maximum atomic E-state index is 6.13. The fourth-order valence-corrected chi connectivity index (χ4v) is 5.75. The van der Waals surface area contributed by atoms with E-state index < -0.39 is 0 Å². The van der Waals surface area contributed by atoms with Gasteiger partial charge in [-0.3, -0.25) is 0 Å². The largest absolute Gasteiger partial charge is 0.347 e. The second-order valence-corrected chi connectivity index (χ2v) is 10.4. The van der Waals surface area contributed by atoms with Crippen LogP contribution in [0.4, 0.5) is 0 Å². The number of nitrogens with zero attached hydrogens (tertiary/aromatic N) is 4. The number of hydrogen-bond donors (Lipinski definition) is 0. The Bertz CT molecular complexity index is 828. The van der Waals surface area contributed by atoms with Crippen molar-refractivity contribution in [2.24, 2.45) is 0 Å². The molecule has 0 bridgehead atoms. The van der Waals surface area contributed by atoms with Crippen LogP contribution in [-0.4, -0.2) is 95.4 Å². The third kappa shape index (κ3) is 8.71. The predicted molar refractivity (Wildman–Crippen MR) is 156 cm³/mol. The van der Waals surface area contributed by atoms with Crippen LogP contribution in [0.3, 0.4) is 0 Å². The minimum Gasteiger partial charge on any atom is -0.347 e. The molecule has 0 radical (unpaired) electrons. The summed E-state index contributed by atoms with van der Waals surface area (Å²) in [5.74, 6) is 1.02. The van der Waals surface area contributed by atoms with Gasteiger partial charge >= 0.3 is 0 Å². The van der Waals surface area contributed by atoms with E-state index in [1.165, 1.54) is 15.7 Å². The van der Waals surface area contributed by atoms with E-state index in [1.807, 2.05) is 11.8 Å². The highest BCUT2D eigenvalue weighted by Gasteiger charge is 2.20. The molecule has 2 rings (SSSR count). The van der Waals surface area contributed by atoms with Crippen LogP contribution in [0.25, 0.3) is 10.8 Å². The van der Waals surface area contributed by atoms with Crippen LogP contribution in [0, 0.1) is 0 Å². The van der Waals surface area contributed by atoms with Crippen molar-refractivity contribution in [3.63, 3.8) is 0 Å². The lowest BCUT2D eigenvalue weighted by atomic mass is 10.1. The number of hydrogen-bond acceptors (Lipinski definition) is 4. The number of rotatable bonds is 15. The highest BCUT2D eigenvalue weighted by atomic mass is 32.2. The van der Waals surface area contributed by atoms with Gasteiger partial charge in [-0.25, -0.2) is 0 Å². The molecule has 0 unspecified atom stereocenters. The number of likely N-dealkylation sites (N-methyl/N-ethyl adjacent to an activating group) is 2. The summed E-state index contributed by atoms with van der Waals surface area (Å²) in [6, 6.07) is 15.6. The van der Waals surface area contributed by atoms with Gasteiger partial charge in [0.2, 0.25) is 0 Å². The highest BCUT2D eigenvalue weighted by Crippen LogP contribution is 2.28. The molecule has 0 aliphatic rings. The van der Waals surface area contributed by atoms with E-state index in [-0.39, 0.29) is 0 Å². The number of thiocarbonyl (C=S) groups is 1. The lowest BCUT2D eigenvalue weighted by Gasteiger charge is -2.38. The van der Waals surface area contributed by atoms with Gasteiger partial charge in [0.15, 0.2) is 5.11 Å². The van der Waals surface area contributed by atoms with Crippen LogP contribution in [0.5, 0.6) is 0 Å². The maximum absolute atomic E-state index is 6.13. The first-order valence-electron chi connectivity index (χ1n) is 13.1.